The van der Waals surface area contributed by atoms with Crippen LogP contribution in [0.25, 0.3) is 6.08 Å². The van der Waals surface area contributed by atoms with E-state index in [9.17, 15) is 0 Å². The van der Waals surface area contributed by atoms with Gasteiger partial charge in [-0.15, -0.1) is 0 Å². The molecule has 5 N–H and O–H groups in total. The predicted molar refractivity (Wildman–Crippen MR) is 108 cm³/mol. The summed E-state index contributed by atoms with van der Waals surface area (Å²) in [6, 6.07) is 8.78. The number of rotatable bonds is 8. The topological polar surface area (TPSA) is 62.1 Å². The first-order chi connectivity index (χ1) is 12.1. The van der Waals surface area contributed by atoms with E-state index in [2.05, 4.69) is 59.3 Å². The second-order valence-corrected chi connectivity index (χ2v) is 6.88. The highest BCUT2D eigenvalue weighted by Gasteiger charge is 2.34. The molecule has 1 aromatic carbocycles. The smallest absolute Gasteiger partial charge is 0.0961 e. The fourth-order valence-electron chi connectivity index (χ4n) is 3.77. The van der Waals surface area contributed by atoms with Crippen LogP contribution in [0.5, 0.6) is 0 Å². The third-order valence-electron chi connectivity index (χ3n) is 5.44. The molecule has 0 spiro atoms. The zero-order chi connectivity index (χ0) is 18.3. The number of hydrogen-bond acceptors (Lipinski definition) is 4. The highest BCUT2D eigenvalue weighted by Crippen LogP contribution is 2.32. The second-order valence-electron chi connectivity index (χ2n) is 6.88. The number of hydrogen-bond donors (Lipinski definition) is 4. The molecule has 4 nitrogen and oxygen atoms in total. The molecule has 1 aromatic rings. The van der Waals surface area contributed by atoms with Gasteiger partial charge in [0.1, 0.15) is 0 Å². The van der Waals surface area contributed by atoms with Gasteiger partial charge in [0.2, 0.25) is 0 Å². The van der Waals surface area contributed by atoms with Gasteiger partial charge < -0.3 is 11.1 Å². The van der Waals surface area contributed by atoms with Crippen LogP contribution in [0.2, 0.25) is 0 Å². The zero-order valence-electron chi connectivity index (χ0n) is 16.2. The standard InChI is InChI=1S/C21H34N4/c1-16(12-14-22)18-8-5-7-17(15-18)10-11-19-20(23-2)9-6-13-21(19,24-3)25-4/h5,7-8,10-11,15-16,23-25H,6,9,12-14,22H2,1-4H3/b11-10+. The Kier molecular flexibility index (Phi) is 7.24. The molecular formula is C21H34N4. The molecule has 1 unspecified atom stereocenters. The highest BCUT2D eigenvalue weighted by atomic mass is 15.2. The number of nitrogens with two attached hydrogens (primary N) is 1. The van der Waals surface area contributed by atoms with Gasteiger partial charge >= 0.3 is 0 Å². The molecule has 0 radical (unpaired) electrons. The molecule has 0 aliphatic heterocycles. The van der Waals surface area contributed by atoms with E-state index in [1.165, 1.54) is 28.8 Å². The van der Waals surface area contributed by atoms with Crippen LogP contribution in [0.3, 0.4) is 0 Å². The fraction of sp³-hybridized carbons (Fsp3) is 0.524. The Hall–Kier alpha value is -1.62. The summed E-state index contributed by atoms with van der Waals surface area (Å²) in [5, 5.41) is 10.4. The predicted octanol–water partition coefficient (Wildman–Crippen LogP) is 2.94. The molecule has 1 aliphatic rings. The van der Waals surface area contributed by atoms with Gasteiger partial charge in [0, 0.05) is 18.3 Å². The normalized spacial score (nSPS) is 18.6. The van der Waals surface area contributed by atoms with Crippen LogP contribution >= 0.6 is 0 Å². The SMILES string of the molecule is CNC1=C(/C=C/c2cccc(C(C)CCN)c2)C(NC)(NC)CCC1. The van der Waals surface area contributed by atoms with Crippen molar-refractivity contribution in [2.75, 3.05) is 27.7 Å². The van der Waals surface area contributed by atoms with E-state index in [0.717, 1.165) is 25.8 Å². The average Bonchev–Trinajstić information content (AvgIpc) is 2.66. The quantitative estimate of drug-likeness (QED) is 0.549. The molecule has 0 amide bonds. The van der Waals surface area contributed by atoms with Gasteiger partial charge in [-0.25, -0.2) is 0 Å². The van der Waals surface area contributed by atoms with Crippen molar-refractivity contribution in [3.05, 3.63) is 52.7 Å². The van der Waals surface area contributed by atoms with E-state index in [4.69, 9.17) is 5.73 Å². The molecule has 0 bridgehead atoms. The molecule has 2 rings (SSSR count). The van der Waals surface area contributed by atoms with Gasteiger partial charge in [0.15, 0.2) is 0 Å². The first-order valence-electron chi connectivity index (χ1n) is 9.37. The number of allylic oxidation sites excluding steroid dienone is 1. The zero-order valence-corrected chi connectivity index (χ0v) is 16.2. The van der Waals surface area contributed by atoms with E-state index in [1.54, 1.807) is 0 Å². The van der Waals surface area contributed by atoms with Crippen LogP contribution in [-0.2, 0) is 0 Å². The Morgan fingerprint density at radius 1 is 1.20 bits per heavy atom. The summed E-state index contributed by atoms with van der Waals surface area (Å²) in [4.78, 5) is 0. The lowest BCUT2D eigenvalue weighted by Gasteiger charge is -2.39. The van der Waals surface area contributed by atoms with Crippen LogP contribution in [-0.4, -0.2) is 33.4 Å². The summed E-state index contributed by atoms with van der Waals surface area (Å²) in [6.45, 7) is 2.97. The van der Waals surface area contributed by atoms with Crippen LogP contribution in [0.4, 0.5) is 0 Å². The minimum absolute atomic E-state index is 0.169. The molecule has 0 heterocycles. The molecule has 25 heavy (non-hydrogen) atoms. The van der Waals surface area contributed by atoms with E-state index in [0.29, 0.717) is 5.92 Å². The van der Waals surface area contributed by atoms with Crippen molar-refractivity contribution < 1.29 is 0 Å². The highest BCUT2D eigenvalue weighted by molar-refractivity contribution is 5.56. The maximum absolute atomic E-state index is 5.71. The maximum atomic E-state index is 5.71. The summed E-state index contributed by atoms with van der Waals surface area (Å²) in [7, 11) is 6.07. The van der Waals surface area contributed by atoms with E-state index >= 15 is 0 Å². The first-order valence-corrected chi connectivity index (χ1v) is 9.37. The average molecular weight is 343 g/mol. The summed E-state index contributed by atoms with van der Waals surface area (Å²) < 4.78 is 0. The van der Waals surface area contributed by atoms with Crippen LogP contribution in [0.1, 0.15) is 49.7 Å². The van der Waals surface area contributed by atoms with E-state index in [1.807, 2.05) is 21.1 Å². The molecule has 0 fully saturated rings. The summed E-state index contributed by atoms with van der Waals surface area (Å²) >= 11 is 0. The van der Waals surface area contributed by atoms with Crippen LogP contribution in [0.15, 0.2) is 41.6 Å². The number of benzene rings is 1. The maximum Gasteiger partial charge on any atom is 0.0961 e. The lowest BCUT2D eigenvalue weighted by molar-refractivity contribution is 0.306. The molecule has 1 aliphatic carbocycles. The van der Waals surface area contributed by atoms with Crippen molar-refractivity contribution in [2.24, 2.45) is 5.73 Å². The van der Waals surface area contributed by atoms with Gasteiger partial charge in [-0.3, -0.25) is 10.6 Å². The van der Waals surface area contributed by atoms with Gasteiger partial charge in [0.25, 0.3) is 0 Å². The third kappa shape index (κ3) is 4.51. The van der Waals surface area contributed by atoms with E-state index in [-0.39, 0.29) is 5.66 Å². The first kappa shape index (κ1) is 19.7. The van der Waals surface area contributed by atoms with Crippen LogP contribution in [0, 0.1) is 0 Å². The Morgan fingerprint density at radius 3 is 2.60 bits per heavy atom. The number of likely N-dealkylation sites (N-methyl/N-ethyl adjacent to an activating group) is 2. The van der Waals surface area contributed by atoms with E-state index < -0.39 is 0 Å². The van der Waals surface area contributed by atoms with Crippen molar-refractivity contribution in [1.82, 2.24) is 16.0 Å². The largest absolute Gasteiger partial charge is 0.391 e. The van der Waals surface area contributed by atoms with Gasteiger partial charge in [-0.2, -0.15) is 0 Å². The minimum Gasteiger partial charge on any atom is -0.391 e. The Labute approximate surface area is 153 Å². The summed E-state index contributed by atoms with van der Waals surface area (Å²) in [6.07, 6.45) is 8.84. The van der Waals surface area contributed by atoms with Gasteiger partial charge in [-0.05, 0) is 63.4 Å². The minimum atomic E-state index is -0.169. The molecule has 1 atom stereocenters. The summed E-state index contributed by atoms with van der Waals surface area (Å²) in [5.74, 6) is 0.494. The molecule has 4 heteroatoms. The third-order valence-corrected chi connectivity index (χ3v) is 5.44. The lowest BCUT2D eigenvalue weighted by Crippen LogP contribution is -2.57. The Balaban J connectivity index is 2.32. The van der Waals surface area contributed by atoms with Crippen molar-refractivity contribution in [3.8, 4) is 0 Å². The summed E-state index contributed by atoms with van der Waals surface area (Å²) in [5.41, 5.74) is 10.7. The molecule has 138 valence electrons. The Bertz CT molecular complexity index is 614. The fourth-order valence-corrected chi connectivity index (χ4v) is 3.77. The van der Waals surface area contributed by atoms with Gasteiger partial charge in [-0.1, -0.05) is 43.3 Å². The molecule has 0 saturated heterocycles. The Morgan fingerprint density at radius 2 is 1.96 bits per heavy atom. The van der Waals surface area contributed by atoms with Crippen molar-refractivity contribution in [3.63, 3.8) is 0 Å². The number of nitrogens with one attached hydrogen (secondary N) is 3. The molecular weight excluding hydrogens is 308 g/mol. The molecule has 0 aromatic heterocycles. The van der Waals surface area contributed by atoms with Crippen molar-refractivity contribution in [1.29, 1.82) is 0 Å². The van der Waals surface area contributed by atoms with Crippen molar-refractivity contribution >= 4 is 6.08 Å². The second kappa shape index (κ2) is 9.18. The van der Waals surface area contributed by atoms with Gasteiger partial charge in [0.05, 0.1) is 5.66 Å². The monoisotopic (exact) mass is 342 g/mol. The lowest BCUT2D eigenvalue weighted by atomic mass is 9.84. The van der Waals surface area contributed by atoms with Crippen molar-refractivity contribution in [2.45, 2.75) is 44.2 Å². The van der Waals surface area contributed by atoms with Crippen LogP contribution < -0.4 is 21.7 Å². The molecule has 0 saturated carbocycles.